The van der Waals surface area contributed by atoms with Gasteiger partial charge in [-0.3, -0.25) is 10.1 Å². The number of rotatable bonds is 8. The van der Waals surface area contributed by atoms with Crippen LogP contribution in [-0.4, -0.2) is 32.6 Å². The lowest BCUT2D eigenvalue weighted by atomic mass is 10.0. The SMILES string of the molecule is CC(C)(C)OC(=O)c1cn(CCCNc2ccc([N+](=O)[O-])c(N)n2)cc1-c1ccc(Cl)cc1Cl. The molecule has 3 aromatic rings. The summed E-state index contributed by atoms with van der Waals surface area (Å²) in [5.41, 5.74) is 6.46. The molecule has 2 aromatic heterocycles. The molecule has 3 N–H and O–H groups in total. The molecule has 180 valence electrons. The van der Waals surface area contributed by atoms with Crippen LogP contribution in [0.5, 0.6) is 0 Å². The first-order chi connectivity index (χ1) is 15.9. The van der Waals surface area contributed by atoms with E-state index in [1.165, 1.54) is 12.1 Å². The molecule has 0 atom stereocenters. The molecule has 0 saturated heterocycles. The minimum Gasteiger partial charge on any atom is -0.456 e. The number of halogens is 2. The number of aromatic nitrogens is 2. The van der Waals surface area contributed by atoms with Crippen LogP contribution >= 0.6 is 23.2 Å². The zero-order valence-electron chi connectivity index (χ0n) is 19.0. The van der Waals surface area contributed by atoms with E-state index in [9.17, 15) is 14.9 Å². The molecular weight excluding hydrogens is 481 g/mol. The Morgan fingerprint density at radius 2 is 1.94 bits per heavy atom. The summed E-state index contributed by atoms with van der Waals surface area (Å²) in [5.74, 6) is -0.151. The second-order valence-electron chi connectivity index (χ2n) is 8.59. The number of ether oxygens (including phenoxy) is 1. The average molecular weight is 506 g/mol. The Morgan fingerprint density at radius 3 is 2.56 bits per heavy atom. The summed E-state index contributed by atoms with van der Waals surface area (Å²) < 4.78 is 7.47. The van der Waals surface area contributed by atoms with Gasteiger partial charge in [0.1, 0.15) is 11.4 Å². The topological polar surface area (TPSA) is 125 Å². The molecular formula is C23H25Cl2N5O4. The van der Waals surface area contributed by atoms with Crippen LogP contribution in [0.2, 0.25) is 10.0 Å². The van der Waals surface area contributed by atoms with Crippen LogP contribution in [0.3, 0.4) is 0 Å². The van der Waals surface area contributed by atoms with Crippen LogP contribution in [0.4, 0.5) is 17.3 Å². The van der Waals surface area contributed by atoms with Crippen molar-refractivity contribution in [1.29, 1.82) is 0 Å². The van der Waals surface area contributed by atoms with Crippen molar-refractivity contribution < 1.29 is 14.5 Å². The van der Waals surface area contributed by atoms with Gasteiger partial charge in [-0.1, -0.05) is 29.3 Å². The summed E-state index contributed by atoms with van der Waals surface area (Å²) in [6, 6.07) is 7.93. The number of hydrogen-bond acceptors (Lipinski definition) is 7. The van der Waals surface area contributed by atoms with E-state index in [4.69, 9.17) is 33.7 Å². The van der Waals surface area contributed by atoms with Gasteiger partial charge in [0.2, 0.25) is 5.82 Å². The number of nitrogens with zero attached hydrogens (tertiary/aromatic N) is 3. The average Bonchev–Trinajstić information content (AvgIpc) is 3.14. The second kappa shape index (κ2) is 10.3. The minimum atomic E-state index is -0.649. The molecule has 11 heteroatoms. The first-order valence-corrected chi connectivity index (χ1v) is 11.2. The van der Waals surface area contributed by atoms with Crippen molar-refractivity contribution in [2.24, 2.45) is 0 Å². The quantitative estimate of drug-likeness (QED) is 0.171. The lowest BCUT2D eigenvalue weighted by molar-refractivity contribution is -0.384. The van der Waals surface area contributed by atoms with Crippen molar-refractivity contribution in [3.05, 3.63) is 68.4 Å². The van der Waals surface area contributed by atoms with E-state index in [1.54, 1.807) is 24.4 Å². The number of nitro groups is 1. The number of carbonyl (C=O) groups is 1. The molecule has 2 heterocycles. The lowest BCUT2D eigenvalue weighted by Crippen LogP contribution is -2.24. The number of anilines is 2. The standard InChI is InChI=1S/C23H25Cl2N5O4/c1-23(2,3)34-22(31)17-13-29(12-16(17)15-6-5-14(24)11-18(15)25)10-4-9-27-20-8-7-19(30(32)33)21(26)28-20/h5-8,11-13H,4,9-10H2,1-3H3,(H3,26,27,28). The monoisotopic (exact) mass is 505 g/mol. The van der Waals surface area contributed by atoms with Crippen molar-refractivity contribution in [3.8, 4) is 11.1 Å². The van der Waals surface area contributed by atoms with Gasteiger partial charge in [-0.25, -0.2) is 9.78 Å². The number of carbonyl (C=O) groups excluding carboxylic acids is 1. The Kier molecular flexibility index (Phi) is 7.68. The molecule has 0 unspecified atom stereocenters. The predicted octanol–water partition coefficient (Wildman–Crippen LogP) is 5.80. The summed E-state index contributed by atoms with van der Waals surface area (Å²) in [4.78, 5) is 27.2. The highest BCUT2D eigenvalue weighted by Gasteiger charge is 2.24. The number of esters is 1. The van der Waals surface area contributed by atoms with Gasteiger partial charge < -0.3 is 20.4 Å². The molecule has 34 heavy (non-hydrogen) atoms. The molecule has 0 fully saturated rings. The fourth-order valence-electron chi connectivity index (χ4n) is 3.25. The summed E-state index contributed by atoms with van der Waals surface area (Å²) in [7, 11) is 0. The third kappa shape index (κ3) is 6.39. The van der Waals surface area contributed by atoms with Crippen molar-refractivity contribution in [2.45, 2.75) is 39.3 Å². The van der Waals surface area contributed by atoms with Gasteiger partial charge in [0.15, 0.2) is 0 Å². The highest BCUT2D eigenvalue weighted by Crippen LogP contribution is 2.34. The number of nitrogen functional groups attached to an aromatic ring is 1. The van der Waals surface area contributed by atoms with E-state index >= 15 is 0 Å². The number of hydrogen-bond donors (Lipinski definition) is 2. The van der Waals surface area contributed by atoms with Gasteiger partial charge in [0, 0.05) is 52.7 Å². The second-order valence-corrected chi connectivity index (χ2v) is 9.43. The van der Waals surface area contributed by atoms with E-state index in [1.807, 2.05) is 31.5 Å². The van der Waals surface area contributed by atoms with Gasteiger partial charge in [-0.2, -0.15) is 0 Å². The summed E-state index contributed by atoms with van der Waals surface area (Å²) in [5, 5.41) is 14.9. The first kappa shape index (κ1) is 25.3. The molecule has 9 nitrogen and oxygen atoms in total. The molecule has 0 aliphatic rings. The summed E-state index contributed by atoms with van der Waals surface area (Å²) >= 11 is 12.4. The molecule has 1 aromatic carbocycles. The third-order valence-corrected chi connectivity index (χ3v) is 5.27. The van der Waals surface area contributed by atoms with Gasteiger partial charge in [-0.15, -0.1) is 0 Å². The van der Waals surface area contributed by atoms with Crippen molar-refractivity contribution in [1.82, 2.24) is 9.55 Å². The van der Waals surface area contributed by atoms with E-state index < -0.39 is 16.5 Å². The van der Waals surface area contributed by atoms with Gasteiger partial charge in [-0.05, 0) is 45.4 Å². The van der Waals surface area contributed by atoms with Crippen LogP contribution in [0.1, 0.15) is 37.6 Å². The molecule has 3 rings (SSSR count). The lowest BCUT2D eigenvalue weighted by Gasteiger charge is -2.19. The van der Waals surface area contributed by atoms with Gasteiger partial charge in [0.25, 0.3) is 0 Å². The maximum absolute atomic E-state index is 12.9. The van der Waals surface area contributed by atoms with Crippen LogP contribution in [-0.2, 0) is 11.3 Å². The Bertz CT molecular complexity index is 1220. The highest BCUT2D eigenvalue weighted by molar-refractivity contribution is 6.36. The molecule has 0 amide bonds. The fraction of sp³-hybridized carbons (Fsp3) is 0.304. The third-order valence-electron chi connectivity index (χ3n) is 4.72. The first-order valence-electron chi connectivity index (χ1n) is 10.5. The molecule has 0 radical (unpaired) electrons. The summed E-state index contributed by atoms with van der Waals surface area (Å²) in [6.45, 7) is 6.53. The zero-order chi connectivity index (χ0) is 25.0. The molecule has 0 aliphatic heterocycles. The number of pyridine rings is 1. The fourth-order valence-corrected chi connectivity index (χ4v) is 3.76. The molecule has 0 spiro atoms. The van der Waals surface area contributed by atoms with E-state index in [0.29, 0.717) is 52.1 Å². The number of aryl methyl sites for hydroxylation is 1. The van der Waals surface area contributed by atoms with E-state index in [2.05, 4.69) is 10.3 Å². The Morgan fingerprint density at radius 1 is 1.21 bits per heavy atom. The van der Waals surface area contributed by atoms with Crippen LogP contribution in [0.25, 0.3) is 11.1 Å². The molecule has 0 bridgehead atoms. The number of benzene rings is 1. The van der Waals surface area contributed by atoms with E-state index in [-0.39, 0.29) is 11.5 Å². The normalized spacial score (nSPS) is 11.3. The van der Waals surface area contributed by atoms with Crippen molar-refractivity contribution in [3.63, 3.8) is 0 Å². The molecule has 0 saturated carbocycles. The van der Waals surface area contributed by atoms with Crippen LogP contribution in [0, 0.1) is 10.1 Å². The van der Waals surface area contributed by atoms with Gasteiger partial charge >= 0.3 is 11.7 Å². The predicted molar refractivity (Wildman–Crippen MR) is 133 cm³/mol. The maximum Gasteiger partial charge on any atom is 0.340 e. The molecule has 0 aliphatic carbocycles. The van der Waals surface area contributed by atoms with Gasteiger partial charge in [0.05, 0.1) is 10.5 Å². The highest BCUT2D eigenvalue weighted by atomic mass is 35.5. The Balaban J connectivity index is 1.75. The van der Waals surface area contributed by atoms with Crippen LogP contribution in [0.15, 0.2) is 42.7 Å². The smallest absolute Gasteiger partial charge is 0.340 e. The maximum atomic E-state index is 12.9. The zero-order valence-corrected chi connectivity index (χ0v) is 20.5. The number of nitrogens with one attached hydrogen (secondary N) is 1. The minimum absolute atomic E-state index is 0.146. The van der Waals surface area contributed by atoms with Crippen molar-refractivity contribution in [2.75, 3.05) is 17.6 Å². The van der Waals surface area contributed by atoms with Crippen LogP contribution < -0.4 is 11.1 Å². The van der Waals surface area contributed by atoms with Crippen molar-refractivity contribution >= 4 is 46.5 Å². The summed E-state index contributed by atoms with van der Waals surface area (Å²) in [6.07, 6.45) is 4.25. The Hall–Kier alpha value is -3.30. The number of nitrogens with two attached hydrogens (primary N) is 1. The van der Waals surface area contributed by atoms with E-state index in [0.717, 1.165) is 0 Å². The largest absolute Gasteiger partial charge is 0.456 e. The Labute approximate surface area is 207 Å².